The highest BCUT2D eigenvalue weighted by molar-refractivity contribution is 5.91. The van der Waals surface area contributed by atoms with E-state index in [1.165, 1.54) is 0 Å². The molecule has 2 fully saturated rings. The molecule has 1 aliphatic carbocycles. The van der Waals surface area contributed by atoms with Crippen LogP contribution in [0.5, 0.6) is 0 Å². The zero-order chi connectivity index (χ0) is 22.6. The van der Waals surface area contributed by atoms with E-state index >= 15 is 0 Å². The van der Waals surface area contributed by atoms with Crippen LogP contribution in [0, 0.1) is 5.92 Å². The number of hydrogen-bond donors (Lipinski definition) is 2. The van der Waals surface area contributed by atoms with Crippen molar-refractivity contribution in [1.29, 1.82) is 0 Å². The number of hydrogen-bond acceptors (Lipinski definition) is 5. The molecule has 0 radical (unpaired) electrons. The fourth-order valence-corrected chi connectivity index (χ4v) is 4.30. The summed E-state index contributed by atoms with van der Waals surface area (Å²) in [6, 6.07) is 15.5. The number of furan rings is 1. The summed E-state index contributed by atoms with van der Waals surface area (Å²) >= 11 is 0. The van der Waals surface area contributed by atoms with Crippen LogP contribution in [0.2, 0.25) is 0 Å². The summed E-state index contributed by atoms with van der Waals surface area (Å²) in [6.45, 7) is 2.15. The van der Waals surface area contributed by atoms with Crippen LogP contribution >= 0.6 is 0 Å². The number of piperidine rings is 1. The molecule has 8 nitrogen and oxygen atoms in total. The van der Waals surface area contributed by atoms with Crippen molar-refractivity contribution in [2.45, 2.75) is 38.1 Å². The van der Waals surface area contributed by atoms with E-state index in [2.05, 4.69) is 15.5 Å². The minimum absolute atomic E-state index is 0.0279. The molecule has 2 aromatic heterocycles. The molecule has 1 saturated heterocycles. The van der Waals surface area contributed by atoms with Gasteiger partial charge < -0.3 is 15.1 Å². The molecular formula is C25H29N5O3. The fraction of sp³-hybridized carbons (Fsp3) is 0.400. The summed E-state index contributed by atoms with van der Waals surface area (Å²) in [4.78, 5) is 27.4. The normalized spacial score (nSPS) is 17.1. The van der Waals surface area contributed by atoms with Gasteiger partial charge in [0.1, 0.15) is 11.6 Å². The molecule has 3 aromatic rings. The minimum atomic E-state index is -0.0600. The second kappa shape index (κ2) is 9.62. The number of nitrogens with zero attached hydrogens (tertiary/aromatic N) is 3. The Morgan fingerprint density at radius 2 is 1.82 bits per heavy atom. The Labute approximate surface area is 192 Å². The summed E-state index contributed by atoms with van der Waals surface area (Å²) in [5.41, 5.74) is 1.97. The molecule has 2 aliphatic rings. The van der Waals surface area contributed by atoms with Gasteiger partial charge in [0.15, 0.2) is 0 Å². The van der Waals surface area contributed by atoms with Gasteiger partial charge in [-0.25, -0.2) is 4.68 Å². The Morgan fingerprint density at radius 1 is 1.03 bits per heavy atom. The highest BCUT2D eigenvalue weighted by Gasteiger charge is 2.29. The molecule has 2 amide bonds. The summed E-state index contributed by atoms with van der Waals surface area (Å²) in [5, 5.41) is 10.7. The highest BCUT2D eigenvalue weighted by atomic mass is 16.3. The average molecular weight is 448 g/mol. The van der Waals surface area contributed by atoms with Crippen molar-refractivity contribution in [3.8, 4) is 5.69 Å². The molecule has 0 atom stereocenters. The Bertz CT molecular complexity index is 1080. The lowest BCUT2D eigenvalue weighted by Gasteiger charge is -2.30. The minimum Gasteiger partial charge on any atom is -0.467 e. The lowest BCUT2D eigenvalue weighted by molar-refractivity contribution is -0.126. The maximum absolute atomic E-state index is 12.8. The number of rotatable bonds is 8. The third kappa shape index (κ3) is 5.34. The van der Waals surface area contributed by atoms with Crippen LogP contribution < -0.4 is 10.6 Å². The third-order valence-electron chi connectivity index (χ3n) is 6.33. The predicted octanol–water partition coefficient (Wildman–Crippen LogP) is 3.31. The van der Waals surface area contributed by atoms with Crippen LogP contribution in [0.25, 0.3) is 5.69 Å². The number of aromatic nitrogens is 2. The molecule has 5 rings (SSSR count). The molecule has 2 N–H and O–H groups in total. The van der Waals surface area contributed by atoms with Gasteiger partial charge in [0.05, 0.1) is 30.7 Å². The Morgan fingerprint density at radius 3 is 2.52 bits per heavy atom. The lowest BCUT2D eigenvalue weighted by atomic mass is 9.96. The number of carbonyl (C=O) groups excluding carboxylic acids is 2. The van der Waals surface area contributed by atoms with Gasteiger partial charge in [0.25, 0.3) is 0 Å². The van der Waals surface area contributed by atoms with Crippen molar-refractivity contribution < 1.29 is 14.0 Å². The average Bonchev–Trinajstić information content (AvgIpc) is 3.39. The number of anilines is 1. The van der Waals surface area contributed by atoms with E-state index in [-0.39, 0.29) is 17.7 Å². The first-order valence-corrected chi connectivity index (χ1v) is 11.6. The first-order chi connectivity index (χ1) is 16.2. The molecule has 1 aromatic carbocycles. The van der Waals surface area contributed by atoms with Crippen molar-refractivity contribution in [3.05, 3.63) is 66.2 Å². The van der Waals surface area contributed by atoms with Crippen LogP contribution in [-0.2, 0) is 16.1 Å². The number of amides is 2. The van der Waals surface area contributed by atoms with Crippen molar-refractivity contribution in [2.75, 3.05) is 25.0 Å². The van der Waals surface area contributed by atoms with E-state index < -0.39 is 0 Å². The van der Waals surface area contributed by atoms with Gasteiger partial charge in [-0.1, -0.05) is 18.2 Å². The number of carbonyl (C=O) groups is 2. The standard InChI is InChI=1S/C25H29N5O3/c31-24(17-29-12-10-19(11-13-29)25(32)26-16-21-7-4-14-33-21)27-23-15-22(18-8-9-18)28-30(23)20-5-2-1-3-6-20/h1-7,14-15,18-19H,8-13,16-17H2,(H,26,32)(H,27,31). The van der Waals surface area contributed by atoms with Crippen LogP contribution in [0.1, 0.15) is 43.1 Å². The number of para-hydroxylation sites is 1. The highest BCUT2D eigenvalue weighted by Crippen LogP contribution is 2.40. The second-order valence-corrected chi connectivity index (χ2v) is 8.87. The van der Waals surface area contributed by atoms with Gasteiger partial charge >= 0.3 is 0 Å². The summed E-state index contributed by atoms with van der Waals surface area (Å²) < 4.78 is 7.08. The molecule has 172 valence electrons. The van der Waals surface area contributed by atoms with Gasteiger partial charge in [-0.2, -0.15) is 5.10 Å². The second-order valence-electron chi connectivity index (χ2n) is 8.87. The number of benzene rings is 1. The van der Waals surface area contributed by atoms with Gasteiger partial charge in [0.2, 0.25) is 11.8 Å². The Kier molecular flexibility index (Phi) is 6.26. The summed E-state index contributed by atoms with van der Waals surface area (Å²) in [5.74, 6) is 1.92. The molecular weight excluding hydrogens is 418 g/mol. The molecule has 0 spiro atoms. The van der Waals surface area contributed by atoms with Crippen molar-refractivity contribution in [2.24, 2.45) is 5.92 Å². The quantitative estimate of drug-likeness (QED) is 0.553. The molecule has 0 unspecified atom stereocenters. The lowest BCUT2D eigenvalue weighted by Crippen LogP contribution is -2.43. The van der Waals surface area contributed by atoms with Crippen LogP contribution in [0.15, 0.2) is 59.2 Å². The van der Waals surface area contributed by atoms with Crippen LogP contribution in [-0.4, -0.2) is 46.1 Å². The first-order valence-electron chi connectivity index (χ1n) is 11.6. The van der Waals surface area contributed by atoms with E-state index in [1.54, 1.807) is 6.26 Å². The van der Waals surface area contributed by atoms with Gasteiger partial charge in [-0.3, -0.25) is 14.5 Å². The maximum Gasteiger partial charge on any atom is 0.239 e. The number of nitrogens with one attached hydrogen (secondary N) is 2. The van der Waals surface area contributed by atoms with Crippen LogP contribution in [0.4, 0.5) is 5.82 Å². The van der Waals surface area contributed by atoms with E-state index in [0.717, 1.165) is 55.9 Å². The van der Waals surface area contributed by atoms with Crippen molar-refractivity contribution in [1.82, 2.24) is 20.0 Å². The summed E-state index contributed by atoms with van der Waals surface area (Å²) in [6.07, 6.45) is 5.40. The number of likely N-dealkylation sites (tertiary alicyclic amines) is 1. The third-order valence-corrected chi connectivity index (χ3v) is 6.33. The molecule has 1 saturated carbocycles. The first kappa shape index (κ1) is 21.5. The van der Waals surface area contributed by atoms with Gasteiger partial charge in [0, 0.05) is 17.9 Å². The summed E-state index contributed by atoms with van der Waals surface area (Å²) in [7, 11) is 0. The van der Waals surface area contributed by atoms with Crippen LogP contribution in [0.3, 0.4) is 0 Å². The fourth-order valence-electron chi connectivity index (χ4n) is 4.30. The largest absolute Gasteiger partial charge is 0.467 e. The molecule has 0 bridgehead atoms. The van der Waals surface area contributed by atoms with E-state index in [9.17, 15) is 9.59 Å². The van der Waals surface area contributed by atoms with Gasteiger partial charge in [-0.05, 0) is 63.0 Å². The van der Waals surface area contributed by atoms with Gasteiger partial charge in [-0.15, -0.1) is 0 Å². The zero-order valence-corrected chi connectivity index (χ0v) is 18.6. The van der Waals surface area contributed by atoms with Crippen molar-refractivity contribution in [3.63, 3.8) is 0 Å². The van der Waals surface area contributed by atoms with E-state index in [1.807, 2.05) is 53.2 Å². The molecule has 8 heteroatoms. The zero-order valence-electron chi connectivity index (χ0n) is 18.6. The van der Waals surface area contributed by atoms with Crippen molar-refractivity contribution >= 4 is 17.6 Å². The van der Waals surface area contributed by atoms with E-state index in [4.69, 9.17) is 9.52 Å². The molecule has 33 heavy (non-hydrogen) atoms. The smallest absolute Gasteiger partial charge is 0.239 e. The maximum atomic E-state index is 12.8. The van der Waals surface area contributed by atoms with E-state index in [0.29, 0.717) is 24.8 Å². The molecule has 1 aliphatic heterocycles. The Balaban J connectivity index is 1.13. The topological polar surface area (TPSA) is 92.4 Å². The predicted molar refractivity (Wildman–Crippen MR) is 124 cm³/mol. The molecule has 3 heterocycles. The SMILES string of the molecule is O=C(CN1CCC(C(=O)NCc2ccco2)CC1)Nc1cc(C2CC2)nn1-c1ccccc1. The monoisotopic (exact) mass is 447 g/mol. The Hall–Kier alpha value is -3.39.